The molecule has 1 heteroatoms. The van der Waals surface area contributed by atoms with Crippen LogP contribution >= 0.6 is 0 Å². The average molecular weight is 203 g/mol. The quantitative estimate of drug-likeness (QED) is 0.795. The van der Waals surface area contributed by atoms with Crippen molar-refractivity contribution in [1.29, 1.82) is 0 Å². The summed E-state index contributed by atoms with van der Waals surface area (Å²) >= 11 is 0. The lowest BCUT2D eigenvalue weighted by Crippen LogP contribution is -2.27. The third-order valence-electron chi connectivity index (χ3n) is 3.30. The van der Waals surface area contributed by atoms with E-state index in [1.807, 2.05) is 0 Å². The van der Waals surface area contributed by atoms with Crippen LogP contribution in [0.2, 0.25) is 0 Å². The second kappa shape index (κ2) is 4.80. The number of hydrogen-bond donors (Lipinski definition) is 1. The fourth-order valence-electron chi connectivity index (χ4n) is 2.62. The molecule has 1 nitrogen and oxygen atoms in total. The molecule has 0 saturated carbocycles. The molecule has 82 valence electrons. The SMILES string of the molecule is CC(C)C[C@H]1NCC[C@H]1c1ccccc1. The van der Waals surface area contributed by atoms with Gasteiger partial charge in [-0.3, -0.25) is 0 Å². The van der Waals surface area contributed by atoms with Crippen LogP contribution in [0.3, 0.4) is 0 Å². The van der Waals surface area contributed by atoms with Crippen molar-refractivity contribution in [1.82, 2.24) is 5.32 Å². The fraction of sp³-hybridized carbons (Fsp3) is 0.571. The first-order chi connectivity index (χ1) is 7.27. The topological polar surface area (TPSA) is 12.0 Å². The van der Waals surface area contributed by atoms with Crippen molar-refractivity contribution in [2.24, 2.45) is 5.92 Å². The second-order valence-corrected chi connectivity index (χ2v) is 5.00. The van der Waals surface area contributed by atoms with Crippen LogP contribution in [0.5, 0.6) is 0 Å². The van der Waals surface area contributed by atoms with E-state index >= 15 is 0 Å². The zero-order chi connectivity index (χ0) is 10.7. The normalized spacial score (nSPS) is 26.1. The van der Waals surface area contributed by atoms with E-state index in [4.69, 9.17) is 0 Å². The van der Waals surface area contributed by atoms with Gasteiger partial charge in [-0.2, -0.15) is 0 Å². The van der Waals surface area contributed by atoms with Gasteiger partial charge in [-0.05, 0) is 30.9 Å². The van der Waals surface area contributed by atoms with Gasteiger partial charge in [0.2, 0.25) is 0 Å². The van der Waals surface area contributed by atoms with E-state index in [-0.39, 0.29) is 0 Å². The van der Waals surface area contributed by atoms with Crippen molar-refractivity contribution in [3.8, 4) is 0 Å². The summed E-state index contributed by atoms with van der Waals surface area (Å²) in [6, 6.07) is 11.6. The first kappa shape index (κ1) is 10.7. The minimum atomic E-state index is 0.687. The van der Waals surface area contributed by atoms with Crippen LogP contribution in [0.25, 0.3) is 0 Å². The Labute approximate surface area is 92.9 Å². The highest BCUT2D eigenvalue weighted by Crippen LogP contribution is 2.30. The molecule has 1 fully saturated rings. The lowest BCUT2D eigenvalue weighted by molar-refractivity contribution is 0.434. The van der Waals surface area contributed by atoms with Gasteiger partial charge in [0.15, 0.2) is 0 Å². The Hall–Kier alpha value is -0.820. The van der Waals surface area contributed by atoms with Gasteiger partial charge in [0.25, 0.3) is 0 Å². The highest BCUT2D eigenvalue weighted by molar-refractivity contribution is 5.22. The van der Waals surface area contributed by atoms with Crippen LogP contribution in [0.1, 0.15) is 38.2 Å². The molecule has 2 rings (SSSR count). The van der Waals surface area contributed by atoms with Crippen LogP contribution < -0.4 is 5.32 Å². The van der Waals surface area contributed by atoms with E-state index in [9.17, 15) is 0 Å². The molecule has 1 aromatic rings. The van der Waals surface area contributed by atoms with Crippen molar-refractivity contribution in [2.45, 2.75) is 38.6 Å². The van der Waals surface area contributed by atoms with Crippen LogP contribution in [0.4, 0.5) is 0 Å². The molecule has 0 spiro atoms. The van der Waals surface area contributed by atoms with Crippen molar-refractivity contribution in [3.63, 3.8) is 0 Å². The Bertz CT molecular complexity index is 291. The summed E-state index contributed by atoms with van der Waals surface area (Å²) in [6.45, 7) is 5.79. The Morgan fingerprint density at radius 1 is 1.27 bits per heavy atom. The molecule has 1 aliphatic rings. The molecule has 2 atom stereocenters. The number of benzene rings is 1. The molecule has 0 bridgehead atoms. The summed E-state index contributed by atoms with van der Waals surface area (Å²) in [5.74, 6) is 1.51. The van der Waals surface area contributed by atoms with E-state index in [2.05, 4.69) is 49.5 Å². The maximum atomic E-state index is 3.64. The smallest absolute Gasteiger partial charge is 0.0139 e. The van der Waals surface area contributed by atoms with E-state index in [1.54, 1.807) is 0 Å². The maximum absolute atomic E-state index is 3.64. The minimum Gasteiger partial charge on any atom is -0.313 e. The predicted octanol–water partition coefficient (Wildman–Crippen LogP) is 3.18. The van der Waals surface area contributed by atoms with Crippen molar-refractivity contribution >= 4 is 0 Å². The molecule has 1 saturated heterocycles. The van der Waals surface area contributed by atoms with Crippen LogP contribution in [-0.2, 0) is 0 Å². The average Bonchev–Trinajstić information content (AvgIpc) is 2.66. The Morgan fingerprint density at radius 3 is 2.67 bits per heavy atom. The van der Waals surface area contributed by atoms with Gasteiger partial charge in [0.05, 0.1) is 0 Å². The third kappa shape index (κ3) is 2.60. The minimum absolute atomic E-state index is 0.687. The molecule has 15 heavy (non-hydrogen) atoms. The first-order valence-electron chi connectivity index (χ1n) is 6.05. The lowest BCUT2D eigenvalue weighted by atomic mass is 9.87. The predicted molar refractivity (Wildman–Crippen MR) is 65.0 cm³/mol. The van der Waals surface area contributed by atoms with Crippen LogP contribution in [-0.4, -0.2) is 12.6 Å². The molecular weight excluding hydrogens is 182 g/mol. The van der Waals surface area contributed by atoms with Crippen molar-refractivity contribution in [3.05, 3.63) is 35.9 Å². The van der Waals surface area contributed by atoms with Gasteiger partial charge in [-0.1, -0.05) is 44.2 Å². The third-order valence-corrected chi connectivity index (χ3v) is 3.30. The lowest BCUT2D eigenvalue weighted by Gasteiger charge is -2.21. The molecule has 1 aromatic carbocycles. The summed E-state index contributed by atoms with van der Waals surface area (Å²) in [4.78, 5) is 0. The summed E-state index contributed by atoms with van der Waals surface area (Å²) in [5.41, 5.74) is 1.51. The van der Waals surface area contributed by atoms with E-state index in [1.165, 1.54) is 24.9 Å². The molecule has 0 aromatic heterocycles. The highest BCUT2D eigenvalue weighted by atomic mass is 14.9. The molecule has 0 aliphatic carbocycles. The Balaban J connectivity index is 2.08. The van der Waals surface area contributed by atoms with Crippen LogP contribution in [0.15, 0.2) is 30.3 Å². The molecule has 1 N–H and O–H groups in total. The molecule has 1 aliphatic heterocycles. The first-order valence-corrected chi connectivity index (χ1v) is 6.05. The van der Waals surface area contributed by atoms with Gasteiger partial charge >= 0.3 is 0 Å². The number of nitrogens with one attached hydrogen (secondary N) is 1. The fourth-order valence-corrected chi connectivity index (χ4v) is 2.62. The number of hydrogen-bond acceptors (Lipinski definition) is 1. The van der Waals surface area contributed by atoms with Crippen LogP contribution in [0, 0.1) is 5.92 Å². The van der Waals surface area contributed by atoms with Gasteiger partial charge in [-0.15, -0.1) is 0 Å². The Kier molecular flexibility index (Phi) is 3.42. The van der Waals surface area contributed by atoms with Gasteiger partial charge in [0.1, 0.15) is 0 Å². The standard InChI is InChI=1S/C14H21N/c1-11(2)10-14-13(8-9-15-14)12-6-4-3-5-7-12/h3-7,11,13-15H,8-10H2,1-2H3/t13-,14+/m0/s1. The molecular formula is C14H21N. The van der Waals surface area contributed by atoms with Crippen molar-refractivity contribution in [2.75, 3.05) is 6.54 Å². The summed E-state index contributed by atoms with van der Waals surface area (Å²) < 4.78 is 0. The Morgan fingerprint density at radius 2 is 2.00 bits per heavy atom. The monoisotopic (exact) mass is 203 g/mol. The highest BCUT2D eigenvalue weighted by Gasteiger charge is 2.28. The van der Waals surface area contributed by atoms with Gasteiger partial charge in [-0.25, -0.2) is 0 Å². The van der Waals surface area contributed by atoms with E-state index < -0.39 is 0 Å². The summed E-state index contributed by atoms with van der Waals surface area (Å²) in [7, 11) is 0. The summed E-state index contributed by atoms with van der Waals surface area (Å²) in [6.07, 6.45) is 2.58. The molecule has 0 unspecified atom stereocenters. The van der Waals surface area contributed by atoms with Gasteiger partial charge < -0.3 is 5.32 Å². The molecule has 1 heterocycles. The molecule has 0 amide bonds. The zero-order valence-corrected chi connectivity index (χ0v) is 9.74. The van der Waals surface area contributed by atoms with E-state index in [0.29, 0.717) is 6.04 Å². The number of rotatable bonds is 3. The molecule has 0 radical (unpaired) electrons. The second-order valence-electron chi connectivity index (χ2n) is 5.00. The largest absolute Gasteiger partial charge is 0.313 e. The van der Waals surface area contributed by atoms with Crippen molar-refractivity contribution < 1.29 is 0 Å². The van der Waals surface area contributed by atoms with E-state index in [0.717, 1.165) is 11.8 Å². The zero-order valence-electron chi connectivity index (χ0n) is 9.74. The maximum Gasteiger partial charge on any atom is 0.0139 e. The van der Waals surface area contributed by atoms with Gasteiger partial charge in [0, 0.05) is 12.0 Å². The summed E-state index contributed by atoms with van der Waals surface area (Å²) in [5, 5.41) is 3.64.